The van der Waals surface area contributed by atoms with Gasteiger partial charge >= 0.3 is 0 Å². The minimum absolute atomic E-state index is 0.0107. The molecule has 0 saturated carbocycles. The Morgan fingerprint density at radius 2 is 1.58 bits per heavy atom. The predicted octanol–water partition coefficient (Wildman–Crippen LogP) is 4.37. The summed E-state index contributed by atoms with van der Waals surface area (Å²) in [7, 11) is 3.18. The molecule has 0 aliphatic heterocycles. The maximum absolute atomic E-state index is 12.9. The number of amides is 2. The van der Waals surface area contributed by atoms with Gasteiger partial charge in [-0.25, -0.2) is 0 Å². The average Bonchev–Trinajstić information content (AvgIpc) is 2.77. The molecule has 1 N–H and O–H groups in total. The fraction of sp³-hybridized carbons (Fsp3) is 0.440. The normalized spacial score (nSPS) is 10.6. The standard InChI is InChI=1S/C25H34N2O4/c1-5-27(6-2)24(29)20-16-17-21(23(28)22(20)25(30)26(3)4)31-18-12-8-11-15-19-13-9-7-10-14-19/h7,9-10,13-14,16-17,28H,5-6,8,11-12,15,18H2,1-4H3. The molecule has 2 aromatic rings. The van der Waals surface area contributed by atoms with E-state index >= 15 is 0 Å². The zero-order valence-corrected chi connectivity index (χ0v) is 19.1. The summed E-state index contributed by atoms with van der Waals surface area (Å²) in [6.07, 6.45) is 3.91. The molecular weight excluding hydrogens is 392 g/mol. The number of aromatic hydroxyl groups is 1. The molecule has 6 heteroatoms. The lowest BCUT2D eigenvalue weighted by molar-refractivity contribution is 0.0751. The van der Waals surface area contributed by atoms with Crippen LogP contribution in [0.3, 0.4) is 0 Å². The van der Waals surface area contributed by atoms with Crippen LogP contribution in [-0.2, 0) is 6.42 Å². The Morgan fingerprint density at radius 3 is 2.19 bits per heavy atom. The van der Waals surface area contributed by atoms with E-state index in [0.717, 1.165) is 25.7 Å². The van der Waals surface area contributed by atoms with E-state index in [1.54, 1.807) is 31.1 Å². The molecule has 0 radical (unpaired) electrons. The number of phenols is 1. The van der Waals surface area contributed by atoms with E-state index in [1.807, 2.05) is 32.0 Å². The van der Waals surface area contributed by atoms with Crippen LogP contribution in [-0.4, -0.2) is 60.5 Å². The van der Waals surface area contributed by atoms with Gasteiger partial charge in [0.05, 0.1) is 17.7 Å². The minimum Gasteiger partial charge on any atom is -0.504 e. The summed E-state index contributed by atoms with van der Waals surface area (Å²) in [6.45, 7) is 5.23. The van der Waals surface area contributed by atoms with Gasteiger partial charge in [-0.2, -0.15) is 0 Å². The van der Waals surface area contributed by atoms with Crippen LogP contribution >= 0.6 is 0 Å². The number of phenolic OH excluding ortho intramolecular Hbond substituents is 1. The van der Waals surface area contributed by atoms with Gasteiger partial charge in [-0.15, -0.1) is 0 Å². The third kappa shape index (κ3) is 6.48. The summed E-state index contributed by atoms with van der Waals surface area (Å²) in [5.41, 5.74) is 1.50. The Kier molecular flexibility index (Phi) is 9.38. The zero-order valence-electron chi connectivity index (χ0n) is 19.1. The van der Waals surface area contributed by atoms with Gasteiger partial charge < -0.3 is 19.6 Å². The number of nitrogens with zero attached hydrogens (tertiary/aromatic N) is 2. The lowest BCUT2D eigenvalue weighted by Gasteiger charge is -2.22. The first-order valence-electron chi connectivity index (χ1n) is 10.9. The van der Waals surface area contributed by atoms with Crippen molar-refractivity contribution in [1.29, 1.82) is 0 Å². The van der Waals surface area contributed by atoms with Crippen LogP contribution in [0.1, 0.15) is 59.4 Å². The molecule has 2 amide bonds. The summed E-state index contributed by atoms with van der Waals surface area (Å²) < 4.78 is 5.76. The molecule has 2 rings (SSSR count). The number of hydrogen-bond donors (Lipinski definition) is 1. The molecule has 0 bridgehead atoms. The van der Waals surface area contributed by atoms with E-state index in [-0.39, 0.29) is 28.5 Å². The lowest BCUT2D eigenvalue weighted by atomic mass is 10.0. The Hall–Kier alpha value is -3.02. The van der Waals surface area contributed by atoms with Crippen LogP contribution in [0.4, 0.5) is 0 Å². The lowest BCUT2D eigenvalue weighted by Crippen LogP contribution is -2.33. The number of aryl methyl sites for hydroxylation is 1. The van der Waals surface area contributed by atoms with Gasteiger partial charge in [-0.3, -0.25) is 9.59 Å². The van der Waals surface area contributed by atoms with Crippen molar-refractivity contribution in [2.75, 3.05) is 33.8 Å². The molecule has 0 spiro atoms. The van der Waals surface area contributed by atoms with E-state index in [4.69, 9.17) is 4.74 Å². The minimum atomic E-state index is -0.429. The first-order valence-corrected chi connectivity index (χ1v) is 10.9. The molecule has 0 fully saturated rings. The van der Waals surface area contributed by atoms with Crippen molar-refractivity contribution in [3.05, 3.63) is 59.2 Å². The van der Waals surface area contributed by atoms with Gasteiger partial charge in [0.1, 0.15) is 0 Å². The van der Waals surface area contributed by atoms with E-state index in [2.05, 4.69) is 12.1 Å². The maximum Gasteiger partial charge on any atom is 0.258 e. The van der Waals surface area contributed by atoms with E-state index in [9.17, 15) is 14.7 Å². The summed E-state index contributed by atoms with van der Waals surface area (Å²) in [5, 5.41) is 10.8. The maximum atomic E-state index is 12.9. The van der Waals surface area contributed by atoms with Gasteiger partial charge in [-0.1, -0.05) is 30.3 Å². The highest BCUT2D eigenvalue weighted by atomic mass is 16.5. The summed E-state index contributed by atoms with van der Waals surface area (Å²) in [5.74, 6) is -0.760. The first-order chi connectivity index (χ1) is 14.9. The van der Waals surface area contributed by atoms with Crippen LogP contribution in [0.15, 0.2) is 42.5 Å². The zero-order chi connectivity index (χ0) is 22.8. The third-order valence-electron chi connectivity index (χ3n) is 5.25. The SMILES string of the molecule is CCN(CC)C(=O)c1ccc(OCCCCCc2ccccc2)c(O)c1C(=O)N(C)C. The van der Waals surface area contributed by atoms with Crippen molar-refractivity contribution >= 4 is 11.8 Å². The molecule has 0 saturated heterocycles. The van der Waals surface area contributed by atoms with Crippen molar-refractivity contribution in [2.45, 2.75) is 39.5 Å². The Morgan fingerprint density at radius 1 is 0.903 bits per heavy atom. The highest BCUT2D eigenvalue weighted by Crippen LogP contribution is 2.34. The molecule has 0 aromatic heterocycles. The molecule has 31 heavy (non-hydrogen) atoms. The van der Waals surface area contributed by atoms with E-state index in [0.29, 0.717) is 19.7 Å². The fourth-order valence-corrected chi connectivity index (χ4v) is 3.42. The van der Waals surface area contributed by atoms with Crippen molar-refractivity contribution in [1.82, 2.24) is 9.80 Å². The first kappa shape index (κ1) is 24.3. The van der Waals surface area contributed by atoms with Crippen molar-refractivity contribution in [2.24, 2.45) is 0 Å². The van der Waals surface area contributed by atoms with Gasteiger partial charge in [0, 0.05) is 27.2 Å². The summed E-state index contributed by atoms with van der Waals surface area (Å²) in [4.78, 5) is 28.6. The fourth-order valence-electron chi connectivity index (χ4n) is 3.42. The monoisotopic (exact) mass is 426 g/mol. The number of benzene rings is 2. The van der Waals surface area contributed by atoms with Crippen molar-refractivity contribution < 1.29 is 19.4 Å². The Balaban J connectivity index is 2.06. The summed E-state index contributed by atoms with van der Waals surface area (Å²) >= 11 is 0. The van der Waals surface area contributed by atoms with Gasteiger partial charge in [0.2, 0.25) is 0 Å². The topological polar surface area (TPSA) is 70.1 Å². The van der Waals surface area contributed by atoms with Crippen LogP contribution < -0.4 is 4.74 Å². The molecule has 2 aromatic carbocycles. The number of hydrogen-bond acceptors (Lipinski definition) is 4. The second kappa shape index (κ2) is 12.0. The number of carbonyl (C=O) groups is 2. The molecular formula is C25H34N2O4. The second-order valence-electron chi connectivity index (χ2n) is 7.66. The Bertz CT molecular complexity index is 861. The number of ether oxygens (including phenoxy) is 1. The molecule has 6 nitrogen and oxygen atoms in total. The second-order valence-corrected chi connectivity index (χ2v) is 7.66. The summed E-state index contributed by atoms with van der Waals surface area (Å²) in [6, 6.07) is 13.5. The smallest absolute Gasteiger partial charge is 0.258 e. The van der Waals surface area contributed by atoms with Crippen LogP contribution in [0, 0.1) is 0 Å². The molecule has 0 aliphatic rings. The van der Waals surface area contributed by atoms with Crippen LogP contribution in [0.2, 0.25) is 0 Å². The highest BCUT2D eigenvalue weighted by Gasteiger charge is 2.27. The van der Waals surface area contributed by atoms with E-state index in [1.165, 1.54) is 10.5 Å². The molecule has 168 valence electrons. The van der Waals surface area contributed by atoms with Crippen molar-refractivity contribution in [3.63, 3.8) is 0 Å². The highest BCUT2D eigenvalue weighted by molar-refractivity contribution is 6.09. The number of unbranched alkanes of at least 4 members (excludes halogenated alkanes) is 2. The van der Waals surface area contributed by atoms with Crippen LogP contribution in [0.5, 0.6) is 11.5 Å². The third-order valence-corrected chi connectivity index (χ3v) is 5.25. The molecule has 0 heterocycles. The van der Waals surface area contributed by atoms with Gasteiger partial charge in [0.15, 0.2) is 11.5 Å². The van der Waals surface area contributed by atoms with Gasteiger partial charge in [-0.05, 0) is 57.2 Å². The van der Waals surface area contributed by atoms with Crippen molar-refractivity contribution in [3.8, 4) is 11.5 Å². The molecule has 0 aliphatic carbocycles. The number of carbonyl (C=O) groups excluding carboxylic acids is 2. The predicted molar refractivity (Wildman–Crippen MR) is 123 cm³/mol. The Labute approximate surface area is 185 Å². The van der Waals surface area contributed by atoms with Gasteiger partial charge in [0.25, 0.3) is 11.8 Å². The van der Waals surface area contributed by atoms with Crippen LogP contribution in [0.25, 0.3) is 0 Å². The average molecular weight is 427 g/mol. The molecule has 0 atom stereocenters. The largest absolute Gasteiger partial charge is 0.504 e. The van der Waals surface area contributed by atoms with E-state index < -0.39 is 5.91 Å². The molecule has 0 unspecified atom stereocenters. The number of rotatable bonds is 11. The quantitative estimate of drug-likeness (QED) is 0.542.